The van der Waals surface area contributed by atoms with Gasteiger partial charge in [-0.2, -0.15) is 5.10 Å². The average molecular weight is 461 g/mol. The van der Waals surface area contributed by atoms with Crippen molar-refractivity contribution in [3.63, 3.8) is 0 Å². The fourth-order valence-electron chi connectivity index (χ4n) is 3.40. The fraction of sp³-hybridized carbons (Fsp3) is 0.120. The SMILES string of the molecule is Cc1cc(C)n(-c2ccc(Cl)c(C(=O)OCC(=O)Nc3ccccc3-c3ccccc3)n2)n1. The average Bonchev–Trinajstić information content (AvgIpc) is 3.16. The third-order valence-electron chi connectivity index (χ3n) is 4.87. The van der Waals surface area contributed by atoms with Crippen molar-refractivity contribution in [3.05, 3.63) is 94.9 Å². The van der Waals surface area contributed by atoms with Gasteiger partial charge in [-0.3, -0.25) is 4.79 Å². The topological polar surface area (TPSA) is 86.1 Å². The van der Waals surface area contributed by atoms with E-state index in [9.17, 15) is 9.59 Å². The number of esters is 1. The van der Waals surface area contributed by atoms with Gasteiger partial charge in [0, 0.05) is 16.9 Å². The molecule has 4 rings (SSSR count). The Labute approximate surface area is 196 Å². The molecule has 0 fully saturated rings. The highest BCUT2D eigenvalue weighted by Crippen LogP contribution is 2.27. The molecule has 33 heavy (non-hydrogen) atoms. The number of pyridine rings is 1. The van der Waals surface area contributed by atoms with Crippen LogP contribution < -0.4 is 5.32 Å². The second kappa shape index (κ2) is 9.67. The van der Waals surface area contributed by atoms with Gasteiger partial charge in [-0.15, -0.1) is 0 Å². The monoisotopic (exact) mass is 460 g/mol. The van der Waals surface area contributed by atoms with Crippen LogP contribution in [0.3, 0.4) is 0 Å². The maximum absolute atomic E-state index is 12.6. The number of ether oxygens (including phenoxy) is 1. The van der Waals surface area contributed by atoms with E-state index in [2.05, 4.69) is 15.4 Å². The number of rotatable bonds is 6. The van der Waals surface area contributed by atoms with Crippen LogP contribution in [0.1, 0.15) is 21.9 Å². The number of nitrogens with one attached hydrogen (secondary N) is 1. The highest BCUT2D eigenvalue weighted by molar-refractivity contribution is 6.33. The Hall–Kier alpha value is -3.97. The molecular weight excluding hydrogens is 440 g/mol. The first-order valence-corrected chi connectivity index (χ1v) is 10.6. The third-order valence-corrected chi connectivity index (χ3v) is 5.18. The summed E-state index contributed by atoms with van der Waals surface area (Å²) in [6.45, 7) is 3.26. The van der Waals surface area contributed by atoms with Crippen molar-refractivity contribution < 1.29 is 14.3 Å². The zero-order valence-corrected chi connectivity index (χ0v) is 18.8. The maximum Gasteiger partial charge on any atom is 0.359 e. The maximum atomic E-state index is 12.6. The molecule has 7 nitrogen and oxygen atoms in total. The van der Waals surface area contributed by atoms with Crippen molar-refractivity contribution in [3.8, 4) is 16.9 Å². The van der Waals surface area contributed by atoms with Gasteiger partial charge in [-0.1, -0.05) is 60.1 Å². The van der Waals surface area contributed by atoms with Crippen molar-refractivity contribution in [2.24, 2.45) is 0 Å². The lowest BCUT2D eigenvalue weighted by Gasteiger charge is -2.12. The predicted octanol–water partition coefficient (Wildman–Crippen LogP) is 5.00. The van der Waals surface area contributed by atoms with Crippen LogP contribution in [0.25, 0.3) is 16.9 Å². The molecule has 0 unspecified atom stereocenters. The van der Waals surface area contributed by atoms with Gasteiger partial charge < -0.3 is 10.1 Å². The van der Waals surface area contributed by atoms with E-state index in [0.717, 1.165) is 22.5 Å². The van der Waals surface area contributed by atoms with Crippen LogP contribution in [0, 0.1) is 13.8 Å². The Morgan fingerprint density at radius 2 is 1.73 bits per heavy atom. The van der Waals surface area contributed by atoms with Crippen LogP contribution in [0.2, 0.25) is 5.02 Å². The van der Waals surface area contributed by atoms with Gasteiger partial charge in [-0.05, 0) is 43.7 Å². The number of anilines is 1. The smallest absolute Gasteiger partial charge is 0.359 e. The first-order valence-electron chi connectivity index (χ1n) is 10.2. The summed E-state index contributed by atoms with van der Waals surface area (Å²) in [5, 5.41) is 7.28. The van der Waals surface area contributed by atoms with Crippen molar-refractivity contribution in [2.75, 3.05) is 11.9 Å². The second-order valence-electron chi connectivity index (χ2n) is 7.37. The van der Waals surface area contributed by atoms with Crippen LogP contribution in [0.15, 0.2) is 72.8 Å². The Bertz CT molecular complexity index is 1320. The lowest BCUT2D eigenvalue weighted by atomic mass is 10.0. The first-order chi connectivity index (χ1) is 15.9. The Balaban J connectivity index is 1.45. The molecule has 0 aliphatic rings. The standard InChI is InChI=1S/C25H21ClN4O3/c1-16-14-17(2)30(29-16)22-13-12-20(26)24(28-22)25(32)33-15-23(31)27-21-11-7-6-10-19(21)18-8-4-3-5-9-18/h3-14H,15H2,1-2H3,(H,27,31). The van der Waals surface area contributed by atoms with Gasteiger partial charge in [0.1, 0.15) is 0 Å². The summed E-state index contributed by atoms with van der Waals surface area (Å²) < 4.78 is 6.79. The molecule has 0 spiro atoms. The highest BCUT2D eigenvalue weighted by Gasteiger charge is 2.18. The molecule has 1 N–H and O–H groups in total. The normalized spacial score (nSPS) is 10.6. The summed E-state index contributed by atoms with van der Waals surface area (Å²) in [4.78, 5) is 29.4. The molecule has 0 saturated carbocycles. The zero-order valence-electron chi connectivity index (χ0n) is 18.1. The molecule has 166 valence electrons. The van der Waals surface area contributed by atoms with Crippen LogP contribution >= 0.6 is 11.6 Å². The molecule has 0 radical (unpaired) electrons. The number of hydrogen-bond donors (Lipinski definition) is 1. The summed E-state index contributed by atoms with van der Waals surface area (Å²) in [6, 6.07) is 22.2. The molecule has 0 bridgehead atoms. The van der Waals surface area contributed by atoms with Gasteiger partial charge in [-0.25, -0.2) is 14.5 Å². The Kier molecular flexibility index (Phi) is 6.51. The molecular formula is C25H21ClN4O3. The molecule has 2 aromatic carbocycles. The van der Waals surface area contributed by atoms with E-state index >= 15 is 0 Å². The Morgan fingerprint density at radius 3 is 2.45 bits per heavy atom. The zero-order chi connectivity index (χ0) is 23.4. The number of nitrogens with zero attached hydrogens (tertiary/aromatic N) is 3. The molecule has 0 aliphatic carbocycles. The number of carbonyl (C=O) groups excluding carboxylic acids is 2. The van der Waals surface area contributed by atoms with E-state index in [0.29, 0.717) is 11.5 Å². The number of benzene rings is 2. The molecule has 0 atom stereocenters. The van der Waals surface area contributed by atoms with Crippen LogP contribution in [0.4, 0.5) is 5.69 Å². The third kappa shape index (κ3) is 5.10. The van der Waals surface area contributed by atoms with E-state index in [-0.39, 0.29) is 10.7 Å². The summed E-state index contributed by atoms with van der Waals surface area (Å²) in [5.41, 5.74) is 4.04. The van der Waals surface area contributed by atoms with Gasteiger partial charge >= 0.3 is 5.97 Å². The summed E-state index contributed by atoms with van der Waals surface area (Å²) >= 11 is 6.16. The minimum absolute atomic E-state index is 0.0841. The molecule has 1 amide bonds. The number of hydrogen-bond acceptors (Lipinski definition) is 5. The molecule has 2 heterocycles. The van der Waals surface area contributed by atoms with E-state index in [1.54, 1.807) is 22.9 Å². The summed E-state index contributed by atoms with van der Waals surface area (Å²) in [6.07, 6.45) is 0. The number of amides is 1. The van der Waals surface area contributed by atoms with Gasteiger partial charge in [0.15, 0.2) is 18.1 Å². The van der Waals surface area contributed by atoms with Crippen molar-refractivity contribution >= 4 is 29.2 Å². The second-order valence-corrected chi connectivity index (χ2v) is 7.78. The Morgan fingerprint density at radius 1 is 1.00 bits per heavy atom. The molecule has 2 aromatic heterocycles. The highest BCUT2D eigenvalue weighted by atomic mass is 35.5. The van der Waals surface area contributed by atoms with E-state index < -0.39 is 18.5 Å². The number of para-hydroxylation sites is 1. The largest absolute Gasteiger partial charge is 0.451 e. The number of carbonyl (C=O) groups is 2. The quantitative estimate of drug-likeness (QED) is 0.409. The van der Waals surface area contributed by atoms with Gasteiger partial charge in [0.25, 0.3) is 5.91 Å². The first kappa shape index (κ1) is 22.2. The van der Waals surface area contributed by atoms with Crippen LogP contribution in [0.5, 0.6) is 0 Å². The van der Waals surface area contributed by atoms with E-state index in [1.807, 2.05) is 68.4 Å². The van der Waals surface area contributed by atoms with E-state index in [1.165, 1.54) is 0 Å². The number of aromatic nitrogens is 3. The molecule has 8 heteroatoms. The summed E-state index contributed by atoms with van der Waals surface area (Å²) in [7, 11) is 0. The molecule has 0 saturated heterocycles. The minimum Gasteiger partial charge on any atom is -0.451 e. The minimum atomic E-state index is -0.796. The number of halogens is 1. The molecule has 4 aromatic rings. The van der Waals surface area contributed by atoms with Crippen molar-refractivity contribution in [1.29, 1.82) is 0 Å². The van der Waals surface area contributed by atoms with Crippen LogP contribution in [-0.4, -0.2) is 33.2 Å². The molecule has 0 aliphatic heterocycles. The van der Waals surface area contributed by atoms with Crippen molar-refractivity contribution in [2.45, 2.75) is 13.8 Å². The lowest BCUT2D eigenvalue weighted by molar-refractivity contribution is -0.119. The number of aryl methyl sites for hydroxylation is 2. The lowest BCUT2D eigenvalue weighted by Crippen LogP contribution is -2.22. The van der Waals surface area contributed by atoms with Gasteiger partial charge in [0.2, 0.25) is 0 Å². The van der Waals surface area contributed by atoms with E-state index in [4.69, 9.17) is 16.3 Å². The van der Waals surface area contributed by atoms with Crippen LogP contribution in [-0.2, 0) is 9.53 Å². The van der Waals surface area contributed by atoms with Crippen molar-refractivity contribution in [1.82, 2.24) is 14.8 Å². The van der Waals surface area contributed by atoms with Gasteiger partial charge in [0.05, 0.1) is 10.7 Å². The summed E-state index contributed by atoms with van der Waals surface area (Å²) in [5.74, 6) is -0.842. The predicted molar refractivity (Wildman–Crippen MR) is 127 cm³/mol. The fourth-order valence-corrected chi connectivity index (χ4v) is 3.58.